The normalized spacial score (nSPS) is 14.5. The van der Waals surface area contributed by atoms with Gasteiger partial charge in [0.05, 0.1) is 6.61 Å². The van der Waals surface area contributed by atoms with E-state index < -0.39 is 16.6 Å². The Bertz CT molecular complexity index is 352. The average molecular weight is 303 g/mol. The fraction of sp³-hybridized carbons (Fsp3) is 0.786. The zero-order chi connectivity index (χ0) is 15.5. The first-order chi connectivity index (χ1) is 8.32. The summed E-state index contributed by atoms with van der Waals surface area (Å²) in [6.45, 7) is 19.5. The second kappa shape index (κ2) is 6.37. The molecule has 0 atom stereocenters. The van der Waals surface area contributed by atoms with Gasteiger partial charge in [-0.25, -0.2) is 4.79 Å². The molecule has 5 heteroatoms. The standard InChI is InChI=1S/C14H30O3Si2/c1-10-16-13(15)12(2)11-18(6,7)17-19(8,9)14(3,4)5/h11H,10H2,1-9H3/b12-11+. The largest absolute Gasteiger partial charge is 0.463 e. The summed E-state index contributed by atoms with van der Waals surface area (Å²) in [7, 11) is -3.80. The highest BCUT2D eigenvalue weighted by atomic mass is 28.4. The third kappa shape index (κ3) is 6.06. The zero-order valence-corrected chi connectivity index (χ0v) is 16.0. The van der Waals surface area contributed by atoms with Crippen molar-refractivity contribution in [3.63, 3.8) is 0 Å². The Kier molecular flexibility index (Phi) is 6.24. The summed E-state index contributed by atoms with van der Waals surface area (Å²) in [6, 6.07) is 0. The molecule has 0 N–H and O–H groups in total. The Labute approximate surface area is 120 Å². The third-order valence-corrected chi connectivity index (χ3v) is 12.4. The van der Waals surface area contributed by atoms with Crippen molar-refractivity contribution in [1.29, 1.82) is 0 Å². The molecule has 112 valence electrons. The smallest absolute Gasteiger partial charge is 0.333 e. The molecule has 3 nitrogen and oxygen atoms in total. The number of rotatable bonds is 5. The molecule has 0 aliphatic rings. The first kappa shape index (κ1) is 18.6. The first-order valence-electron chi connectivity index (χ1n) is 6.89. The second-order valence-electron chi connectivity index (χ2n) is 7.01. The number of ether oxygens (including phenoxy) is 1. The van der Waals surface area contributed by atoms with E-state index in [4.69, 9.17) is 8.85 Å². The number of carbonyl (C=O) groups excluding carboxylic acids is 1. The van der Waals surface area contributed by atoms with E-state index in [2.05, 4.69) is 47.0 Å². The topological polar surface area (TPSA) is 35.5 Å². The van der Waals surface area contributed by atoms with Crippen LogP contribution in [0.25, 0.3) is 0 Å². The second-order valence-corrected chi connectivity index (χ2v) is 15.8. The molecule has 0 aromatic rings. The Balaban J connectivity index is 5.00. The van der Waals surface area contributed by atoms with Crippen LogP contribution in [0.4, 0.5) is 0 Å². The van der Waals surface area contributed by atoms with E-state index in [0.29, 0.717) is 12.2 Å². The predicted molar refractivity (Wildman–Crippen MR) is 86.2 cm³/mol. The fourth-order valence-electron chi connectivity index (χ4n) is 1.67. The van der Waals surface area contributed by atoms with E-state index in [9.17, 15) is 4.79 Å². The summed E-state index contributed by atoms with van der Waals surface area (Å²) in [5.74, 6) is -0.234. The number of esters is 1. The van der Waals surface area contributed by atoms with Crippen LogP contribution in [0.2, 0.25) is 31.2 Å². The Morgan fingerprint density at radius 2 is 1.63 bits per heavy atom. The van der Waals surface area contributed by atoms with Gasteiger partial charge in [-0.1, -0.05) is 26.5 Å². The summed E-state index contributed by atoms with van der Waals surface area (Å²) >= 11 is 0. The van der Waals surface area contributed by atoms with Crippen molar-refractivity contribution in [1.82, 2.24) is 0 Å². The molecule has 0 radical (unpaired) electrons. The molecule has 0 saturated carbocycles. The lowest BCUT2D eigenvalue weighted by molar-refractivity contribution is -0.138. The third-order valence-electron chi connectivity index (χ3n) is 3.49. The van der Waals surface area contributed by atoms with Crippen molar-refractivity contribution >= 4 is 22.6 Å². The van der Waals surface area contributed by atoms with Crippen molar-refractivity contribution in [2.75, 3.05) is 6.61 Å². The summed E-state index contributed by atoms with van der Waals surface area (Å²) in [5, 5.41) is 0.183. The van der Waals surface area contributed by atoms with Gasteiger partial charge < -0.3 is 8.85 Å². The molecule has 19 heavy (non-hydrogen) atoms. The van der Waals surface area contributed by atoms with Gasteiger partial charge in [-0.3, -0.25) is 0 Å². The van der Waals surface area contributed by atoms with Crippen molar-refractivity contribution < 1.29 is 13.6 Å². The molecule has 0 aliphatic carbocycles. The summed E-state index contributed by atoms with van der Waals surface area (Å²) < 4.78 is 11.5. The van der Waals surface area contributed by atoms with Gasteiger partial charge in [0.15, 0.2) is 16.6 Å². The van der Waals surface area contributed by atoms with Crippen molar-refractivity contribution in [2.24, 2.45) is 0 Å². The van der Waals surface area contributed by atoms with Crippen LogP contribution in [0.15, 0.2) is 11.3 Å². The van der Waals surface area contributed by atoms with Gasteiger partial charge in [0.25, 0.3) is 0 Å². The average Bonchev–Trinajstić information content (AvgIpc) is 2.13. The van der Waals surface area contributed by atoms with Crippen molar-refractivity contribution in [3.8, 4) is 0 Å². The molecular weight excluding hydrogens is 272 g/mol. The fourth-order valence-corrected chi connectivity index (χ4v) is 9.55. The molecule has 0 spiro atoms. The maximum Gasteiger partial charge on any atom is 0.333 e. The lowest BCUT2D eigenvalue weighted by Crippen LogP contribution is -2.49. The molecule has 0 rings (SSSR count). The molecule has 0 amide bonds. The van der Waals surface area contributed by atoms with Gasteiger partial charge >= 0.3 is 5.97 Å². The Morgan fingerprint density at radius 1 is 1.16 bits per heavy atom. The van der Waals surface area contributed by atoms with E-state index >= 15 is 0 Å². The van der Waals surface area contributed by atoms with E-state index in [1.165, 1.54) is 0 Å². The van der Waals surface area contributed by atoms with Gasteiger partial charge in [-0.2, -0.15) is 0 Å². The monoisotopic (exact) mass is 302 g/mol. The minimum Gasteiger partial charge on any atom is -0.463 e. The minimum atomic E-state index is -2.00. The van der Waals surface area contributed by atoms with Crippen LogP contribution in [0.1, 0.15) is 34.6 Å². The predicted octanol–water partition coefficient (Wildman–Crippen LogP) is 4.26. The van der Waals surface area contributed by atoms with Crippen molar-refractivity contribution in [3.05, 3.63) is 11.3 Å². The van der Waals surface area contributed by atoms with Crippen LogP contribution >= 0.6 is 0 Å². The Morgan fingerprint density at radius 3 is 2.00 bits per heavy atom. The van der Waals surface area contributed by atoms with E-state index in [1.54, 1.807) is 0 Å². The lowest BCUT2D eigenvalue weighted by atomic mass is 10.2. The van der Waals surface area contributed by atoms with Crippen LogP contribution in [-0.4, -0.2) is 29.2 Å². The highest BCUT2D eigenvalue weighted by molar-refractivity contribution is 6.88. The molecule has 0 aromatic heterocycles. The van der Waals surface area contributed by atoms with Gasteiger partial charge in [0.2, 0.25) is 0 Å². The van der Waals surface area contributed by atoms with Crippen LogP contribution in [0, 0.1) is 0 Å². The van der Waals surface area contributed by atoms with Crippen LogP contribution in [0.3, 0.4) is 0 Å². The van der Waals surface area contributed by atoms with Gasteiger partial charge in [-0.15, -0.1) is 0 Å². The molecule has 0 aromatic carbocycles. The quantitative estimate of drug-likeness (QED) is 0.432. The highest BCUT2D eigenvalue weighted by Crippen LogP contribution is 2.38. The number of carbonyl (C=O) groups is 1. The first-order valence-corrected chi connectivity index (χ1v) is 12.8. The van der Waals surface area contributed by atoms with E-state index in [0.717, 1.165) is 0 Å². The lowest BCUT2D eigenvalue weighted by Gasteiger charge is -2.41. The molecule has 0 unspecified atom stereocenters. The maximum absolute atomic E-state index is 11.7. The van der Waals surface area contributed by atoms with Crippen LogP contribution in [0.5, 0.6) is 0 Å². The number of hydrogen-bond donors (Lipinski definition) is 0. The Hall–Kier alpha value is -0.396. The maximum atomic E-state index is 11.7. The molecule has 0 aliphatic heterocycles. The molecule has 0 bridgehead atoms. The summed E-state index contributed by atoms with van der Waals surface area (Å²) in [6.07, 6.45) is 0. The van der Waals surface area contributed by atoms with Crippen LogP contribution in [-0.2, 0) is 13.6 Å². The summed E-state index contributed by atoms with van der Waals surface area (Å²) in [4.78, 5) is 11.7. The molecular formula is C14H30O3Si2. The van der Waals surface area contributed by atoms with Crippen LogP contribution < -0.4 is 0 Å². The van der Waals surface area contributed by atoms with E-state index in [-0.39, 0.29) is 11.0 Å². The molecule has 0 fully saturated rings. The SMILES string of the molecule is CCOC(=O)/C(C)=C/[Si](C)(C)O[Si](C)(C)C(C)(C)C. The van der Waals surface area contributed by atoms with E-state index in [1.807, 2.05) is 19.5 Å². The molecule has 0 saturated heterocycles. The highest BCUT2D eigenvalue weighted by Gasteiger charge is 2.41. The summed E-state index contributed by atoms with van der Waals surface area (Å²) in [5.41, 5.74) is 2.67. The van der Waals surface area contributed by atoms with Gasteiger partial charge in [-0.05, 0) is 45.1 Å². The van der Waals surface area contributed by atoms with Crippen molar-refractivity contribution in [2.45, 2.75) is 65.8 Å². The van der Waals surface area contributed by atoms with Gasteiger partial charge in [0, 0.05) is 5.57 Å². The number of hydrogen-bond acceptors (Lipinski definition) is 3. The zero-order valence-electron chi connectivity index (χ0n) is 14.0. The molecule has 0 heterocycles. The minimum absolute atomic E-state index is 0.183. The van der Waals surface area contributed by atoms with Gasteiger partial charge in [0.1, 0.15) is 0 Å².